The molecule has 1 atom stereocenters. The van der Waals surface area contributed by atoms with Gasteiger partial charge in [-0.2, -0.15) is 0 Å². The predicted octanol–water partition coefficient (Wildman–Crippen LogP) is 2.33. The van der Waals surface area contributed by atoms with Crippen molar-refractivity contribution in [2.75, 3.05) is 18.5 Å². The van der Waals surface area contributed by atoms with Crippen LogP contribution in [0.25, 0.3) is 11.0 Å². The molecule has 1 aliphatic carbocycles. The summed E-state index contributed by atoms with van der Waals surface area (Å²) in [6.45, 7) is 1.12. The zero-order valence-corrected chi connectivity index (χ0v) is 20.2. The summed E-state index contributed by atoms with van der Waals surface area (Å²) >= 11 is 0. The number of pyridine rings is 2. The lowest BCUT2D eigenvalue weighted by Crippen LogP contribution is -2.62. The molecule has 10 heteroatoms. The van der Waals surface area contributed by atoms with Crippen molar-refractivity contribution in [3.05, 3.63) is 63.8 Å². The smallest absolute Gasteiger partial charge is 0.262 e. The molecule has 1 saturated carbocycles. The fourth-order valence-electron chi connectivity index (χ4n) is 6.61. The number of fused-ring (bicyclic) bond motifs is 4. The van der Waals surface area contributed by atoms with Gasteiger partial charge in [-0.15, -0.1) is 0 Å². The summed E-state index contributed by atoms with van der Waals surface area (Å²) in [4.78, 5) is 28.3. The molecular weight excluding hydrogens is 479 g/mol. The number of aliphatic hydroxyl groups is 1. The van der Waals surface area contributed by atoms with Crippen LogP contribution in [-0.2, 0) is 28.2 Å². The van der Waals surface area contributed by atoms with Crippen molar-refractivity contribution in [3.8, 4) is 5.75 Å². The Hall–Kier alpha value is -3.34. The lowest BCUT2D eigenvalue weighted by Gasteiger charge is -2.55. The van der Waals surface area contributed by atoms with E-state index in [0.29, 0.717) is 35.6 Å². The minimum atomic E-state index is -1.54. The van der Waals surface area contributed by atoms with E-state index >= 15 is 4.39 Å². The molecule has 8 rings (SSSR count). The first-order chi connectivity index (χ1) is 17.8. The minimum absolute atomic E-state index is 0.00575. The lowest BCUT2D eigenvalue weighted by atomic mass is 9.67. The minimum Gasteiger partial charge on any atom is -0.482 e. The van der Waals surface area contributed by atoms with Crippen molar-refractivity contribution < 1.29 is 23.8 Å². The Bertz CT molecular complexity index is 1500. The Labute approximate surface area is 211 Å². The largest absolute Gasteiger partial charge is 0.482 e. The van der Waals surface area contributed by atoms with E-state index in [2.05, 4.69) is 15.6 Å². The van der Waals surface area contributed by atoms with Crippen LogP contribution in [0.2, 0.25) is 0 Å². The van der Waals surface area contributed by atoms with Crippen LogP contribution >= 0.6 is 0 Å². The molecule has 1 aromatic carbocycles. The zero-order chi connectivity index (χ0) is 25.4. The van der Waals surface area contributed by atoms with Crippen molar-refractivity contribution in [1.29, 1.82) is 0 Å². The number of nitrogens with zero attached hydrogens (tertiary/aromatic N) is 2. The Morgan fingerprint density at radius 1 is 1.16 bits per heavy atom. The average molecular weight is 507 g/mol. The van der Waals surface area contributed by atoms with E-state index in [4.69, 9.17) is 9.47 Å². The lowest BCUT2D eigenvalue weighted by molar-refractivity contribution is -0.192. The van der Waals surface area contributed by atoms with Gasteiger partial charge in [-0.3, -0.25) is 14.6 Å². The Kier molecular flexibility index (Phi) is 4.83. The quantitative estimate of drug-likeness (QED) is 0.487. The average Bonchev–Trinajstić information content (AvgIpc) is 3.21. The van der Waals surface area contributed by atoms with E-state index in [-0.39, 0.29) is 42.1 Å². The van der Waals surface area contributed by atoms with Gasteiger partial charge in [0, 0.05) is 30.1 Å². The highest BCUT2D eigenvalue weighted by molar-refractivity contribution is 5.95. The summed E-state index contributed by atoms with van der Waals surface area (Å²) in [6.07, 6.45) is 4.49. The first-order valence-electron chi connectivity index (χ1n) is 12.6. The van der Waals surface area contributed by atoms with Crippen LogP contribution in [0.1, 0.15) is 43.2 Å². The van der Waals surface area contributed by atoms with Gasteiger partial charge in [0.15, 0.2) is 6.61 Å². The number of hydrogen-bond donors (Lipinski definition) is 3. The second kappa shape index (κ2) is 7.83. The first-order valence-corrected chi connectivity index (χ1v) is 12.6. The normalized spacial score (nSPS) is 29.7. The SMILES string of the molecule is O=C1COc2ccc(CNC34CCC(C[C@]5(O)Cn6c(=O)ccc7ncc(F)c5c76)(CC3)OC4)cc2N1. The van der Waals surface area contributed by atoms with Crippen LogP contribution in [0.15, 0.2) is 41.3 Å². The highest BCUT2D eigenvalue weighted by Crippen LogP contribution is 2.51. The fourth-order valence-corrected chi connectivity index (χ4v) is 6.61. The van der Waals surface area contributed by atoms with Crippen molar-refractivity contribution in [3.63, 3.8) is 0 Å². The number of hydrogen-bond acceptors (Lipinski definition) is 7. The monoisotopic (exact) mass is 506 g/mol. The number of carbonyl (C=O) groups excluding carboxylic acids is 1. The molecule has 37 heavy (non-hydrogen) atoms. The number of carbonyl (C=O) groups is 1. The van der Waals surface area contributed by atoms with Crippen molar-refractivity contribution in [1.82, 2.24) is 14.9 Å². The highest BCUT2D eigenvalue weighted by Gasteiger charge is 2.55. The molecule has 0 spiro atoms. The van der Waals surface area contributed by atoms with Gasteiger partial charge in [-0.25, -0.2) is 4.39 Å². The first kappa shape index (κ1) is 22.8. The van der Waals surface area contributed by atoms with Gasteiger partial charge in [0.2, 0.25) is 0 Å². The standard InChI is InChI=1S/C27H27FN4O5/c28-17-11-29-18-2-4-22(34)32-14-27(35,23(17)24(18)32)13-26-7-5-25(6-8-26,15-37-26)30-10-16-1-3-20-19(9-16)31-21(33)12-36-20/h1-4,9,11,30,35H,5-8,10,12-15H2,(H,31,33)/t25?,26?,27-/m0/s1. The van der Waals surface area contributed by atoms with E-state index in [0.717, 1.165) is 37.4 Å². The van der Waals surface area contributed by atoms with Gasteiger partial charge in [-0.1, -0.05) is 6.07 Å². The van der Waals surface area contributed by atoms with Crippen LogP contribution in [0, 0.1) is 5.82 Å². The number of aromatic nitrogens is 2. The van der Waals surface area contributed by atoms with Crippen LogP contribution in [0.3, 0.4) is 0 Å². The van der Waals surface area contributed by atoms with Crippen LogP contribution in [-0.4, -0.2) is 44.9 Å². The van der Waals surface area contributed by atoms with Crippen molar-refractivity contribution in [2.45, 2.75) is 61.9 Å². The molecule has 5 aliphatic rings. The maximum absolute atomic E-state index is 15.0. The number of anilines is 1. The highest BCUT2D eigenvalue weighted by atomic mass is 19.1. The Morgan fingerprint density at radius 2 is 2.00 bits per heavy atom. The summed E-state index contributed by atoms with van der Waals surface area (Å²) < 4.78 is 28.3. The van der Waals surface area contributed by atoms with E-state index in [1.54, 1.807) is 6.07 Å². The molecule has 192 valence electrons. The third-order valence-electron chi connectivity index (χ3n) is 8.57. The third kappa shape index (κ3) is 3.58. The molecule has 3 aromatic rings. The van der Waals surface area contributed by atoms with Crippen LogP contribution < -0.4 is 20.9 Å². The molecule has 0 radical (unpaired) electrons. The van der Waals surface area contributed by atoms with Crippen molar-refractivity contribution in [2.24, 2.45) is 0 Å². The van der Waals surface area contributed by atoms with Gasteiger partial charge < -0.3 is 29.8 Å². The molecular formula is C27H27FN4O5. The third-order valence-corrected chi connectivity index (χ3v) is 8.57. The molecule has 1 amide bonds. The van der Waals surface area contributed by atoms with E-state index in [1.807, 2.05) is 18.2 Å². The number of ether oxygens (including phenoxy) is 2. The number of amides is 1. The van der Waals surface area contributed by atoms with Gasteiger partial charge in [0.05, 0.1) is 41.7 Å². The van der Waals surface area contributed by atoms with Crippen LogP contribution in [0.5, 0.6) is 5.75 Å². The molecule has 0 unspecified atom stereocenters. The van der Waals surface area contributed by atoms with Gasteiger partial charge in [-0.05, 0) is 49.4 Å². The second-order valence-corrected chi connectivity index (χ2v) is 11.0. The van der Waals surface area contributed by atoms with Gasteiger partial charge in [0.25, 0.3) is 11.5 Å². The number of rotatable bonds is 5. The van der Waals surface area contributed by atoms with Gasteiger partial charge >= 0.3 is 0 Å². The Balaban J connectivity index is 1.07. The van der Waals surface area contributed by atoms with Crippen LogP contribution in [0.4, 0.5) is 10.1 Å². The summed E-state index contributed by atoms with van der Waals surface area (Å²) in [7, 11) is 0. The molecule has 9 nitrogen and oxygen atoms in total. The molecule has 4 aliphatic heterocycles. The molecule has 2 aromatic heterocycles. The number of benzene rings is 1. The fraction of sp³-hybridized carbons (Fsp3) is 0.444. The van der Waals surface area contributed by atoms with E-state index < -0.39 is 17.0 Å². The number of nitrogens with one attached hydrogen (secondary N) is 2. The summed E-state index contributed by atoms with van der Waals surface area (Å²) in [5.41, 5.74) is 0.134. The van der Waals surface area contributed by atoms with Gasteiger partial charge in [0.1, 0.15) is 17.2 Å². The molecule has 2 saturated heterocycles. The van der Waals surface area contributed by atoms with E-state index in [9.17, 15) is 14.7 Å². The predicted molar refractivity (Wildman–Crippen MR) is 132 cm³/mol. The van der Waals surface area contributed by atoms with E-state index in [1.165, 1.54) is 10.6 Å². The summed E-state index contributed by atoms with van der Waals surface area (Å²) in [5.74, 6) is -0.0931. The molecule has 3 N–H and O–H groups in total. The molecule has 2 bridgehead atoms. The molecule has 3 fully saturated rings. The summed E-state index contributed by atoms with van der Waals surface area (Å²) in [5, 5.41) is 18.3. The molecule has 6 heterocycles. The summed E-state index contributed by atoms with van der Waals surface area (Å²) in [6, 6.07) is 8.75. The maximum atomic E-state index is 15.0. The maximum Gasteiger partial charge on any atom is 0.262 e. The number of halogens is 1. The zero-order valence-electron chi connectivity index (χ0n) is 20.2. The van der Waals surface area contributed by atoms with Crippen molar-refractivity contribution >= 4 is 22.6 Å². The Morgan fingerprint density at radius 3 is 2.78 bits per heavy atom. The second-order valence-electron chi connectivity index (χ2n) is 11.0. The topological polar surface area (TPSA) is 115 Å².